The van der Waals surface area contributed by atoms with Crippen LogP contribution in [0.1, 0.15) is 35.4 Å². The maximum Gasteiger partial charge on any atom is 0.239 e. The molecule has 0 fully saturated rings. The van der Waals surface area contributed by atoms with E-state index in [2.05, 4.69) is 14.7 Å². The van der Waals surface area contributed by atoms with E-state index in [0.717, 1.165) is 48.7 Å². The second kappa shape index (κ2) is 6.64. The van der Waals surface area contributed by atoms with Crippen molar-refractivity contribution in [2.75, 3.05) is 4.72 Å². The Balaban J connectivity index is 1.81. The molecule has 0 saturated carbocycles. The van der Waals surface area contributed by atoms with Crippen molar-refractivity contribution < 1.29 is 12.8 Å². The lowest BCUT2D eigenvalue weighted by Crippen LogP contribution is -2.19. The number of benzene rings is 1. The van der Waals surface area contributed by atoms with E-state index in [1.807, 2.05) is 6.92 Å². The third kappa shape index (κ3) is 3.84. The van der Waals surface area contributed by atoms with Gasteiger partial charge in [-0.05, 0) is 55.9 Å². The summed E-state index contributed by atoms with van der Waals surface area (Å²) in [6.45, 7) is 1.86. The molecule has 0 saturated heterocycles. The van der Waals surface area contributed by atoms with E-state index in [4.69, 9.17) is 11.6 Å². The molecule has 0 bridgehead atoms. The molecule has 3 rings (SSSR count). The predicted molar refractivity (Wildman–Crippen MR) is 91.1 cm³/mol. The summed E-state index contributed by atoms with van der Waals surface area (Å²) in [6, 6.07) is 3.92. The largest absolute Gasteiger partial charge is 0.251 e. The average Bonchev–Trinajstić information content (AvgIpc) is 2.50. The smallest absolute Gasteiger partial charge is 0.239 e. The number of halogens is 2. The SMILES string of the molecule is Cc1nc(NS(=O)(=O)Cc2ccc(Cl)c(F)c2)nc2c1CCCC2. The summed E-state index contributed by atoms with van der Waals surface area (Å²) < 4.78 is 40.4. The number of aromatic nitrogens is 2. The molecule has 0 unspecified atom stereocenters. The van der Waals surface area contributed by atoms with Crippen molar-refractivity contribution in [2.45, 2.75) is 38.4 Å². The van der Waals surface area contributed by atoms with Crippen LogP contribution in [-0.2, 0) is 28.6 Å². The highest BCUT2D eigenvalue weighted by atomic mass is 35.5. The standard InChI is InChI=1S/C16H17ClFN3O2S/c1-10-12-4-2-3-5-15(12)20-16(19-10)21-24(22,23)9-11-6-7-13(17)14(18)8-11/h6-8H,2-5,9H2,1H3,(H,19,20,21). The normalized spacial score (nSPS) is 14.3. The van der Waals surface area contributed by atoms with E-state index in [0.29, 0.717) is 5.56 Å². The summed E-state index contributed by atoms with van der Waals surface area (Å²) in [7, 11) is -3.75. The van der Waals surface area contributed by atoms with Crippen LogP contribution in [0.5, 0.6) is 0 Å². The van der Waals surface area contributed by atoms with Gasteiger partial charge in [0.05, 0.1) is 10.8 Å². The lowest BCUT2D eigenvalue weighted by molar-refractivity contribution is 0.599. The van der Waals surface area contributed by atoms with Gasteiger partial charge in [0, 0.05) is 11.4 Å². The zero-order chi connectivity index (χ0) is 17.3. The van der Waals surface area contributed by atoms with Crippen LogP contribution in [0.15, 0.2) is 18.2 Å². The van der Waals surface area contributed by atoms with Gasteiger partial charge in [0.2, 0.25) is 16.0 Å². The fourth-order valence-electron chi connectivity index (χ4n) is 2.85. The van der Waals surface area contributed by atoms with Crippen molar-refractivity contribution in [3.8, 4) is 0 Å². The number of sulfonamides is 1. The Morgan fingerprint density at radius 2 is 2.00 bits per heavy atom. The Morgan fingerprint density at radius 1 is 1.25 bits per heavy atom. The average molecular weight is 370 g/mol. The minimum absolute atomic E-state index is 0.0437. The first-order valence-corrected chi connectivity index (χ1v) is 9.68. The van der Waals surface area contributed by atoms with Crippen molar-refractivity contribution in [1.82, 2.24) is 9.97 Å². The minimum Gasteiger partial charge on any atom is -0.251 e. The van der Waals surface area contributed by atoms with Crippen LogP contribution in [-0.4, -0.2) is 18.4 Å². The Hall–Kier alpha value is -1.73. The lowest BCUT2D eigenvalue weighted by Gasteiger charge is -2.17. The van der Waals surface area contributed by atoms with Gasteiger partial charge in [-0.15, -0.1) is 0 Å². The van der Waals surface area contributed by atoms with E-state index in [1.54, 1.807) is 0 Å². The minimum atomic E-state index is -3.75. The van der Waals surface area contributed by atoms with E-state index in [1.165, 1.54) is 12.1 Å². The highest BCUT2D eigenvalue weighted by Crippen LogP contribution is 2.23. The highest BCUT2D eigenvalue weighted by molar-refractivity contribution is 7.91. The molecule has 8 heteroatoms. The zero-order valence-electron chi connectivity index (χ0n) is 13.1. The quantitative estimate of drug-likeness (QED) is 0.896. The molecule has 24 heavy (non-hydrogen) atoms. The van der Waals surface area contributed by atoms with Gasteiger partial charge in [-0.25, -0.2) is 22.8 Å². The van der Waals surface area contributed by atoms with Crippen LogP contribution in [0.2, 0.25) is 5.02 Å². The van der Waals surface area contributed by atoms with Gasteiger partial charge in [-0.2, -0.15) is 0 Å². The number of aryl methyl sites for hydroxylation is 2. The Bertz CT molecular complexity index is 887. The van der Waals surface area contributed by atoms with Crippen molar-refractivity contribution in [1.29, 1.82) is 0 Å². The van der Waals surface area contributed by atoms with E-state index >= 15 is 0 Å². The van der Waals surface area contributed by atoms with Crippen LogP contribution >= 0.6 is 11.6 Å². The molecule has 1 aliphatic carbocycles. The zero-order valence-corrected chi connectivity index (χ0v) is 14.7. The molecule has 1 heterocycles. The van der Waals surface area contributed by atoms with Gasteiger partial charge in [0.15, 0.2) is 0 Å². The first-order valence-electron chi connectivity index (χ1n) is 7.65. The van der Waals surface area contributed by atoms with Crippen LogP contribution in [0.3, 0.4) is 0 Å². The fourth-order valence-corrected chi connectivity index (χ4v) is 4.03. The molecule has 128 valence electrons. The molecule has 1 N–H and O–H groups in total. The second-order valence-electron chi connectivity index (χ2n) is 5.87. The predicted octanol–water partition coefficient (Wildman–Crippen LogP) is 3.40. The number of nitrogens with zero attached hydrogens (tertiary/aromatic N) is 2. The second-order valence-corrected chi connectivity index (χ2v) is 8.00. The molecule has 1 aromatic carbocycles. The molecule has 0 atom stereocenters. The van der Waals surface area contributed by atoms with Crippen molar-refractivity contribution in [2.24, 2.45) is 0 Å². The van der Waals surface area contributed by atoms with E-state index < -0.39 is 15.8 Å². The fraction of sp³-hybridized carbons (Fsp3) is 0.375. The van der Waals surface area contributed by atoms with Crippen LogP contribution < -0.4 is 4.72 Å². The number of nitrogens with one attached hydrogen (secondary N) is 1. The van der Waals surface area contributed by atoms with Gasteiger partial charge < -0.3 is 0 Å². The molecule has 0 aliphatic heterocycles. The van der Waals surface area contributed by atoms with Crippen molar-refractivity contribution in [3.05, 3.63) is 51.6 Å². The summed E-state index contributed by atoms with van der Waals surface area (Å²) in [5.41, 5.74) is 3.13. The molecule has 2 aromatic rings. The van der Waals surface area contributed by atoms with Gasteiger partial charge in [0.1, 0.15) is 5.82 Å². The van der Waals surface area contributed by atoms with E-state index in [-0.39, 0.29) is 16.7 Å². The van der Waals surface area contributed by atoms with Gasteiger partial charge >= 0.3 is 0 Å². The maximum atomic E-state index is 13.5. The molecular weight excluding hydrogens is 353 g/mol. The maximum absolute atomic E-state index is 13.5. The first kappa shape index (κ1) is 17.1. The first-order chi connectivity index (χ1) is 11.3. The van der Waals surface area contributed by atoms with Crippen molar-refractivity contribution >= 4 is 27.6 Å². The monoisotopic (exact) mass is 369 g/mol. The number of rotatable bonds is 4. The van der Waals surface area contributed by atoms with E-state index in [9.17, 15) is 12.8 Å². The number of hydrogen-bond donors (Lipinski definition) is 1. The van der Waals surface area contributed by atoms with Gasteiger partial charge in [-0.3, -0.25) is 4.72 Å². The highest BCUT2D eigenvalue weighted by Gasteiger charge is 2.19. The topological polar surface area (TPSA) is 72.0 Å². The number of fused-ring (bicyclic) bond motifs is 1. The van der Waals surface area contributed by atoms with Gasteiger partial charge in [-0.1, -0.05) is 17.7 Å². The molecule has 0 spiro atoms. The number of anilines is 1. The number of hydrogen-bond acceptors (Lipinski definition) is 4. The molecule has 0 amide bonds. The van der Waals surface area contributed by atoms with Crippen molar-refractivity contribution in [3.63, 3.8) is 0 Å². The third-order valence-corrected chi connectivity index (χ3v) is 5.49. The summed E-state index contributed by atoms with van der Waals surface area (Å²) >= 11 is 5.61. The lowest BCUT2D eigenvalue weighted by atomic mass is 9.95. The Kier molecular flexibility index (Phi) is 4.73. The summed E-state index contributed by atoms with van der Waals surface area (Å²) in [4.78, 5) is 8.58. The summed E-state index contributed by atoms with van der Waals surface area (Å²) in [6.07, 6.45) is 3.90. The molecule has 5 nitrogen and oxygen atoms in total. The Morgan fingerprint density at radius 3 is 2.75 bits per heavy atom. The Labute approximate surface area is 145 Å². The van der Waals surface area contributed by atoms with Crippen LogP contribution in [0, 0.1) is 12.7 Å². The molecular formula is C16H17ClFN3O2S. The third-order valence-electron chi connectivity index (χ3n) is 3.98. The van der Waals surface area contributed by atoms with Crippen LogP contribution in [0.25, 0.3) is 0 Å². The molecule has 1 aromatic heterocycles. The van der Waals surface area contributed by atoms with Crippen LogP contribution in [0.4, 0.5) is 10.3 Å². The summed E-state index contributed by atoms with van der Waals surface area (Å²) in [5, 5.41) is -0.0437. The van der Waals surface area contributed by atoms with Gasteiger partial charge in [0.25, 0.3) is 0 Å². The molecule has 1 aliphatic rings. The summed E-state index contributed by atoms with van der Waals surface area (Å²) in [5.74, 6) is -0.951. The molecule has 0 radical (unpaired) electrons.